The molecule has 190 valence electrons. The Labute approximate surface area is 224 Å². The van der Waals surface area contributed by atoms with Crippen LogP contribution in [-0.2, 0) is 17.6 Å². The summed E-state index contributed by atoms with van der Waals surface area (Å²) in [7, 11) is 0. The number of aliphatic hydroxyl groups is 1. The molecule has 2 atom stereocenters. The number of fused-ring (bicyclic) bond motifs is 2. The van der Waals surface area contributed by atoms with Crippen LogP contribution in [0.2, 0.25) is 5.02 Å². The molecule has 2 unspecified atom stereocenters. The van der Waals surface area contributed by atoms with Crippen molar-refractivity contribution in [1.82, 2.24) is 5.16 Å². The van der Waals surface area contributed by atoms with Gasteiger partial charge >= 0.3 is 0 Å². The first kappa shape index (κ1) is 24.3. The summed E-state index contributed by atoms with van der Waals surface area (Å²) in [6.45, 7) is 3.54. The standard InChI is InChI=1S/C31H25ClN2O4/c1-17-28(18(2)38-34-17)31(36)27-16-22-13-19(11-12-26(22)37-27)14-25(35)24-15-21-9-6-10-23(32)29(21)30(33-24)20-7-4-3-5-8-20/h3-13,16,24,31,36H,14-15H2,1-2H3. The molecule has 1 N–H and O–H groups in total. The van der Waals surface area contributed by atoms with Gasteiger partial charge in [-0.05, 0) is 49.2 Å². The van der Waals surface area contributed by atoms with Crippen LogP contribution in [0.1, 0.15) is 51.1 Å². The number of carbonyl (C=O) groups is 1. The summed E-state index contributed by atoms with van der Waals surface area (Å²) in [5, 5.41) is 16.2. The van der Waals surface area contributed by atoms with Crippen LogP contribution in [0.25, 0.3) is 11.0 Å². The Hall–Kier alpha value is -4.00. The summed E-state index contributed by atoms with van der Waals surface area (Å²) < 4.78 is 11.1. The smallest absolute Gasteiger partial charge is 0.162 e. The minimum atomic E-state index is -0.987. The van der Waals surface area contributed by atoms with E-state index in [-0.39, 0.29) is 12.2 Å². The quantitative estimate of drug-likeness (QED) is 0.280. The van der Waals surface area contributed by atoms with Crippen molar-refractivity contribution < 1.29 is 18.8 Å². The molecule has 0 saturated carbocycles. The Bertz CT molecular complexity index is 1680. The summed E-state index contributed by atoms with van der Waals surface area (Å²) in [4.78, 5) is 18.4. The lowest BCUT2D eigenvalue weighted by molar-refractivity contribution is -0.119. The number of aliphatic imine (C=N–C) groups is 1. The highest BCUT2D eigenvalue weighted by Crippen LogP contribution is 2.33. The van der Waals surface area contributed by atoms with Crippen molar-refractivity contribution in [1.29, 1.82) is 0 Å². The van der Waals surface area contributed by atoms with Crippen molar-refractivity contribution in [2.75, 3.05) is 0 Å². The molecule has 3 heterocycles. The molecule has 0 spiro atoms. The van der Waals surface area contributed by atoms with Gasteiger partial charge in [-0.15, -0.1) is 0 Å². The van der Waals surface area contributed by atoms with Gasteiger partial charge in [0.15, 0.2) is 5.78 Å². The maximum atomic E-state index is 13.5. The van der Waals surface area contributed by atoms with E-state index in [1.54, 1.807) is 19.9 Å². The van der Waals surface area contributed by atoms with Gasteiger partial charge in [-0.1, -0.05) is 65.3 Å². The Kier molecular flexibility index (Phi) is 6.22. The Morgan fingerprint density at radius 3 is 2.66 bits per heavy atom. The summed E-state index contributed by atoms with van der Waals surface area (Å²) in [5.41, 5.74) is 6.31. The molecule has 7 heteroatoms. The highest BCUT2D eigenvalue weighted by molar-refractivity contribution is 6.36. The van der Waals surface area contributed by atoms with E-state index < -0.39 is 12.1 Å². The maximum Gasteiger partial charge on any atom is 0.162 e. The van der Waals surface area contributed by atoms with Crippen molar-refractivity contribution in [3.05, 3.63) is 123 Å². The maximum absolute atomic E-state index is 13.5. The molecule has 3 aromatic carbocycles. The third kappa shape index (κ3) is 4.36. The highest BCUT2D eigenvalue weighted by Gasteiger charge is 2.29. The average molecular weight is 525 g/mol. The number of aryl methyl sites for hydroxylation is 2. The second-order valence-corrected chi connectivity index (χ2v) is 10.0. The van der Waals surface area contributed by atoms with Crippen LogP contribution in [0.15, 0.2) is 86.7 Å². The highest BCUT2D eigenvalue weighted by atomic mass is 35.5. The number of Topliss-reactive ketones (excluding diaryl/α,β-unsaturated/α-hetero) is 1. The van der Waals surface area contributed by atoms with Crippen LogP contribution in [0.3, 0.4) is 0 Å². The lowest BCUT2D eigenvalue weighted by atomic mass is 9.88. The van der Waals surface area contributed by atoms with E-state index >= 15 is 0 Å². The van der Waals surface area contributed by atoms with Gasteiger partial charge in [0.1, 0.15) is 29.2 Å². The number of carbonyl (C=O) groups excluding carboxylic acids is 1. The molecule has 38 heavy (non-hydrogen) atoms. The molecular weight excluding hydrogens is 500 g/mol. The molecule has 0 aliphatic carbocycles. The predicted octanol–water partition coefficient (Wildman–Crippen LogP) is 6.35. The van der Waals surface area contributed by atoms with Crippen LogP contribution in [0, 0.1) is 13.8 Å². The first-order valence-corrected chi connectivity index (χ1v) is 12.8. The summed E-state index contributed by atoms with van der Waals surface area (Å²) in [5.74, 6) is 0.978. The normalized spacial score (nSPS) is 15.8. The zero-order valence-corrected chi connectivity index (χ0v) is 21.7. The van der Waals surface area contributed by atoms with Gasteiger partial charge in [0, 0.05) is 29.4 Å². The van der Waals surface area contributed by atoms with Gasteiger partial charge in [-0.3, -0.25) is 9.79 Å². The van der Waals surface area contributed by atoms with E-state index in [1.165, 1.54) is 0 Å². The lowest BCUT2D eigenvalue weighted by Gasteiger charge is -2.24. The molecule has 6 nitrogen and oxygen atoms in total. The number of nitrogens with zero attached hydrogens (tertiary/aromatic N) is 2. The number of aromatic nitrogens is 1. The molecular formula is C31H25ClN2O4. The van der Waals surface area contributed by atoms with E-state index in [1.807, 2.05) is 66.7 Å². The minimum Gasteiger partial charge on any atom is -0.458 e. The topological polar surface area (TPSA) is 88.8 Å². The number of halogens is 1. The van der Waals surface area contributed by atoms with Crippen LogP contribution in [-0.4, -0.2) is 27.8 Å². The Morgan fingerprint density at radius 2 is 1.89 bits per heavy atom. The first-order valence-electron chi connectivity index (χ1n) is 12.5. The number of hydrogen-bond acceptors (Lipinski definition) is 6. The van der Waals surface area contributed by atoms with Crippen molar-refractivity contribution in [2.45, 2.75) is 38.8 Å². The average Bonchev–Trinajstić information content (AvgIpc) is 3.50. The van der Waals surface area contributed by atoms with Gasteiger partial charge in [0.25, 0.3) is 0 Å². The summed E-state index contributed by atoms with van der Waals surface area (Å²) in [6, 6.07) is 22.6. The summed E-state index contributed by atoms with van der Waals surface area (Å²) in [6.07, 6.45) is -0.250. The van der Waals surface area contributed by atoms with Gasteiger partial charge in [-0.25, -0.2) is 0 Å². The van der Waals surface area contributed by atoms with Gasteiger partial charge in [0.05, 0.1) is 22.0 Å². The molecule has 0 fully saturated rings. The molecule has 2 aromatic heterocycles. The van der Waals surface area contributed by atoms with Crippen LogP contribution < -0.4 is 0 Å². The van der Waals surface area contributed by atoms with Crippen LogP contribution >= 0.6 is 11.6 Å². The predicted molar refractivity (Wildman–Crippen MR) is 146 cm³/mol. The fourth-order valence-electron chi connectivity index (χ4n) is 5.18. The number of ketones is 1. The second kappa shape index (κ2) is 9.71. The first-order chi connectivity index (χ1) is 18.4. The number of aliphatic hydroxyl groups excluding tert-OH is 1. The number of furan rings is 1. The second-order valence-electron chi connectivity index (χ2n) is 9.64. The SMILES string of the molecule is Cc1noc(C)c1C(O)c1cc2cc(CC(=O)C3Cc4cccc(Cl)c4C(c4ccccc4)=N3)ccc2o1. The van der Waals surface area contributed by atoms with Crippen molar-refractivity contribution in [3.8, 4) is 0 Å². The monoisotopic (exact) mass is 524 g/mol. The van der Waals surface area contributed by atoms with Gasteiger partial charge < -0.3 is 14.0 Å². The Morgan fingerprint density at radius 1 is 1.08 bits per heavy atom. The minimum absolute atomic E-state index is 0.0304. The zero-order chi connectivity index (χ0) is 26.4. The van der Waals surface area contributed by atoms with Crippen LogP contribution in [0.5, 0.6) is 0 Å². The van der Waals surface area contributed by atoms with Crippen LogP contribution in [0.4, 0.5) is 0 Å². The van der Waals surface area contributed by atoms with Crippen molar-refractivity contribution in [2.24, 2.45) is 4.99 Å². The van der Waals surface area contributed by atoms with Crippen molar-refractivity contribution in [3.63, 3.8) is 0 Å². The van der Waals surface area contributed by atoms with E-state index in [9.17, 15) is 9.90 Å². The molecule has 1 aliphatic rings. The fourth-order valence-corrected chi connectivity index (χ4v) is 5.46. The van der Waals surface area contributed by atoms with Gasteiger partial charge in [0.2, 0.25) is 0 Å². The number of hydrogen-bond donors (Lipinski definition) is 1. The molecule has 0 saturated heterocycles. The Balaban J connectivity index is 1.28. The van der Waals surface area contributed by atoms with E-state index in [4.69, 9.17) is 25.5 Å². The van der Waals surface area contributed by atoms with E-state index in [0.29, 0.717) is 39.8 Å². The van der Waals surface area contributed by atoms with Crippen molar-refractivity contribution >= 4 is 34.1 Å². The third-order valence-electron chi connectivity index (χ3n) is 7.06. The molecule has 0 radical (unpaired) electrons. The fraction of sp³-hybridized carbons (Fsp3) is 0.194. The largest absolute Gasteiger partial charge is 0.458 e. The van der Waals surface area contributed by atoms with Gasteiger partial charge in [-0.2, -0.15) is 0 Å². The molecule has 5 aromatic rings. The molecule has 0 amide bonds. The third-order valence-corrected chi connectivity index (χ3v) is 7.38. The van der Waals surface area contributed by atoms with E-state index in [0.717, 1.165) is 33.4 Å². The summed E-state index contributed by atoms with van der Waals surface area (Å²) >= 11 is 6.57. The van der Waals surface area contributed by atoms with E-state index in [2.05, 4.69) is 5.16 Å². The molecule has 1 aliphatic heterocycles. The molecule has 6 rings (SSSR count). The lowest BCUT2D eigenvalue weighted by Crippen LogP contribution is -2.30. The molecule has 0 bridgehead atoms. The number of rotatable bonds is 6. The zero-order valence-electron chi connectivity index (χ0n) is 20.9. The number of benzene rings is 3.